The third-order valence-corrected chi connectivity index (χ3v) is 5.34. The summed E-state index contributed by atoms with van der Waals surface area (Å²) in [5.74, 6) is 0.414. The lowest BCUT2D eigenvalue weighted by molar-refractivity contribution is 0.283. The largest absolute Gasteiger partial charge is 0.479 e. The first-order valence-corrected chi connectivity index (χ1v) is 10.7. The molecule has 9 heteroatoms. The zero-order chi connectivity index (χ0) is 20.6. The molecule has 0 amide bonds. The molecule has 1 aromatic heterocycles. The molecule has 0 aliphatic rings. The third-order valence-electron chi connectivity index (χ3n) is 3.96. The predicted octanol–water partition coefficient (Wildman–Crippen LogP) is 2.79. The van der Waals surface area contributed by atoms with Gasteiger partial charge in [-0.15, -0.1) is 0 Å². The molecule has 0 saturated heterocycles. The normalized spacial score (nSPS) is 11.5. The number of methoxy groups -OCH3 is 1. The minimum Gasteiger partial charge on any atom is -0.479 e. The predicted molar refractivity (Wildman–Crippen MR) is 109 cm³/mol. The van der Waals surface area contributed by atoms with Crippen molar-refractivity contribution in [1.82, 2.24) is 15.3 Å². The van der Waals surface area contributed by atoms with Gasteiger partial charge in [0.15, 0.2) is 0 Å². The summed E-state index contributed by atoms with van der Waals surface area (Å²) < 4.78 is 38.4. The highest BCUT2D eigenvalue weighted by Crippen LogP contribution is 2.26. The van der Waals surface area contributed by atoms with Crippen LogP contribution in [0.3, 0.4) is 0 Å². The standard InChI is InChI=1S/C19H28N4O4S/c1-5-10-20-11-12-27-19-21-13-17(18(22-19)26-4)23-28(24,25)16-8-6-15(7-9-16)14(2)3/h6-9,13-14,20,23H,5,10-12H2,1-4H3. The van der Waals surface area contributed by atoms with Crippen LogP contribution in [-0.4, -0.2) is 45.2 Å². The van der Waals surface area contributed by atoms with E-state index in [1.807, 2.05) is 13.8 Å². The second-order valence-electron chi connectivity index (χ2n) is 6.50. The van der Waals surface area contributed by atoms with Crippen molar-refractivity contribution in [3.05, 3.63) is 36.0 Å². The van der Waals surface area contributed by atoms with Crippen LogP contribution in [0.5, 0.6) is 11.9 Å². The smallest absolute Gasteiger partial charge is 0.319 e. The van der Waals surface area contributed by atoms with Crippen LogP contribution in [0.1, 0.15) is 38.7 Å². The van der Waals surface area contributed by atoms with Gasteiger partial charge in [-0.1, -0.05) is 32.9 Å². The van der Waals surface area contributed by atoms with Gasteiger partial charge in [0.1, 0.15) is 12.3 Å². The number of sulfonamides is 1. The van der Waals surface area contributed by atoms with Crippen LogP contribution < -0.4 is 19.5 Å². The number of ether oxygens (including phenoxy) is 2. The SMILES string of the molecule is CCCNCCOc1ncc(NS(=O)(=O)c2ccc(C(C)C)cc2)c(OC)n1. The molecule has 2 aromatic rings. The molecule has 1 aromatic carbocycles. The Morgan fingerprint density at radius 2 is 1.86 bits per heavy atom. The molecule has 154 valence electrons. The molecular formula is C19H28N4O4S. The molecule has 0 radical (unpaired) electrons. The fourth-order valence-electron chi connectivity index (χ4n) is 2.40. The summed E-state index contributed by atoms with van der Waals surface area (Å²) in [4.78, 5) is 8.32. The fraction of sp³-hybridized carbons (Fsp3) is 0.474. The zero-order valence-electron chi connectivity index (χ0n) is 16.7. The molecule has 0 aliphatic carbocycles. The van der Waals surface area contributed by atoms with Crippen molar-refractivity contribution >= 4 is 15.7 Å². The minimum atomic E-state index is -3.79. The van der Waals surface area contributed by atoms with E-state index in [0.29, 0.717) is 19.1 Å². The van der Waals surface area contributed by atoms with E-state index in [2.05, 4.69) is 26.9 Å². The molecule has 0 saturated carbocycles. The van der Waals surface area contributed by atoms with Crippen molar-refractivity contribution in [2.45, 2.75) is 38.0 Å². The van der Waals surface area contributed by atoms with Crippen LogP contribution in [0.2, 0.25) is 0 Å². The summed E-state index contributed by atoms with van der Waals surface area (Å²) in [7, 11) is -2.38. The van der Waals surface area contributed by atoms with Crippen molar-refractivity contribution in [2.75, 3.05) is 31.5 Å². The molecule has 1 heterocycles. The maximum absolute atomic E-state index is 12.6. The highest BCUT2D eigenvalue weighted by atomic mass is 32.2. The van der Waals surface area contributed by atoms with Gasteiger partial charge in [0.05, 0.1) is 18.2 Å². The number of rotatable bonds is 11. The van der Waals surface area contributed by atoms with Gasteiger partial charge in [0.2, 0.25) is 5.88 Å². The van der Waals surface area contributed by atoms with Crippen LogP contribution in [0.25, 0.3) is 0 Å². The fourth-order valence-corrected chi connectivity index (χ4v) is 3.44. The van der Waals surface area contributed by atoms with E-state index in [1.54, 1.807) is 24.3 Å². The van der Waals surface area contributed by atoms with Gasteiger partial charge in [0.25, 0.3) is 10.0 Å². The zero-order valence-corrected chi connectivity index (χ0v) is 17.5. The van der Waals surface area contributed by atoms with E-state index in [-0.39, 0.29) is 22.5 Å². The molecule has 0 atom stereocenters. The highest BCUT2D eigenvalue weighted by molar-refractivity contribution is 7.92. The van der Waals surface area contributed by atoms with Crippen LogP contribution in [-0.2, 0) is 10.0 Å². The van der Waals surface area contributed by atoms with Crippen LogP contribution >= 0.6 is 0 Å². The average molecular weight is 409 g/mol. The molecular weight excluding hydrogens is 380 g/mol. The minimum absolute atomic E-state index is 0.0916. The first-order chi connectivity index (χ1) is 13.4. The molecule has 0 unspecified atom stereocenters. The Morgan fingerprint density at radius 1 is 1.14 bits per heavy atom. The van der Waals surface area contributed by atoms with E-state index < -0.39 is 10.0 Å². The summed E-state index contributed by atoms with van der Waals surface area (Å²) in [6.45, 7) is 8.16. The van der Waals surface area contributed by atoms with Crippen LogP contribution in [0.15, 0.2) is 35.4 Å². The molecule has 0 fully saturated rings. The number of nitrogens with one attached hydrogen (secondary N) is 2. The van der Waals surface area contributed by atoms with Crippen LogP contribution in [0.4, 0.5) is 5.69 Å². The van der Waals surface area contributed by atoms with Crippen molar-refractivity contribution in [1.29, 1.82) is 0 Å². The van der Waals surface area contributed by atoms with E-state index in [0.717, 1.165) is 18.5 Å². The first kappa shape index (κ1) is 21.9. The lowest BCUT2D eigenvalue weighted by Gasteiger charge is -2.13. The Bertz CT molecular complexity index is 855. The maximum atomic E-state index is 12.6. The maximum Gasteiger partial charge on any atom is 0.319 e. The van der Waals surface area contributed by atoms with Crippen molar-refractivity contribution < 1.29 is 17.9 Å². The molecule has 0 aliphatic heterocycles. The number of benzene rings is 1. The third kappa shape index (κ3) is 6.07. The summed E-state index contributed by atoms with van der Waals surface area (Å²) in [6.07, 6.45) is 2.38. The Morgan fingerprint density at radius 3 is 2.46 bits per heavy atom. The van der Waals surface area contributed by atoms with E-state index in [4.69, 9.17) is 9.47 Å². The van der Waals surface area contributed by atoms with Crippen molar-refractivity contribution in [2.24, 2.45) is 0 Å². The second kappa shape index (κ2) is 10.2. The van der Waals surface area contributed by atoms with Gasteiger partial charge in [-0.05, 0) is 36.6 Å². The Labute approximate surface area is 166 Å². The molecule has 2 N–H and O–H groups in total. The van der Waals surface area contributed by atoms with Gasteiger partial charge in [0, 0.05) is 6.54 Å². The summed E-state index contributed by atoms with van der Waals surface area (Å²) in [6, 6.07) is 6.88. The lowest BCUT2D eigenvalue weighted by Crippen LogP contribution is -2.22. The first-order valence-electron chi connectivity index (χ1n) is 9.24. The molecule has 0 bridgehead atoms. The Hall–Kier alpha value is -2.39. The van der Waals surface area contributed by atoms with E-state index in [9.17, 15) is 8.42 Å². The Kier molecular flexibility index (Phi) is 8.01. The second-order valence-corrected chi connectivity index (χ2v) is 8.19. The average Bonchev–Trinajstić information content (AvgIpc) is 2.68. The summed E-state index contributed by atoms with van der Waals surface area (Å²) in [5.41, 5.74) is 1.21. The summed E-state index contributed by atoms with van der Waals surface area (Å²) in [5, 5.41) is 3.20. The number of hydrogen-bond donors (Lipinski definition) is 2. The van der Waals surface area contributed by atoms with Gasteiger partial charge >= 0.3 is 6.01 Å². The monoisotopic (exact) mass is 408 g/mol. The molecule has 28 heavy (non-hydrogen) atoms. The molecule has 2 rings (SSSR count). The number of anilines is 1. The van der Waals surface area contributed by atoms with Gasteiger partial charge in [-0.2, -0.15) is 4.98 Å². The van der Waals surface area contributed by atoms with E-state index >= 15 is 0 Å². The van der Waals surface area contributed by atoms with Gasteiger partial charge < -0.3 is 14.8 Å². The lowest BCUT2D eigenvalue weighted by atomic mass is 10.0. The van der Waals surface area contributed by atoms with Crippen molar-refractivity contribution in [3.63, 3.8) is 0 Å². The van der Waals surface area contributed by atoms with E-state index in [1.165, 1.54) is 13.3 Å². The van der Waals surface area contributed by atoms with Crippen molar-refractivity contribution in [3.8, 4) is 11.9 Å². The number of hydrogen-bond acceptors (Lipinski definition) is 7. The highest BCUT2D eigenvalue weighted by Gasteiger charge is 2.18. The van der Waals surface area contributed by atoms with Gasteiger partial charge in [-0.25, -0.2) is 13.4 Å². The molecule has 0 spiro atoms. The Balaban J connectivity index is 2.09. The number of aromatic nitrogens is 2. The molecule has 8 nitrogen and oxygen atoms in total. The summed E-state index contributed by atoms with van der Waals surface area (Å²) >= 11 is 0. The quantitative estimate of drug-likeness (QED) is 0.551. The topological polar surface area (TPSA) is 102 Å². The van der Waals surface area contributed by atoms with Crippen LogP contribution in [0, 0.1) is 0 Å². The number of nitrogens with zero attached hydrogens (tertiary/aromatic N) is 2. The van der Waals surface area contributed by atoms with Gasteiger partial charge in [-0.3, -0.25) is 4.72 Å².